The third kappa shape index (κ3) is 4.20. The van der Waals surface area contributed by atoms with Crippen LogP contribution < -0.4 is 15.9 Å². The zero-order chi connectivity index (χ0) is 14.4. The molecule has 0 radical (unpaired) electrons. The fraction of sp³-hybridized carbons (Fsp3) is 0.222. The Balaban J connectivity index is 3.03. The van der Waals surface area contributed by atoms with Crippen molar-refractivity contribution in [3.63, 3.8) is 0 Å². The number of nitrogens with zero attached hydrogens (tertiary/aromatic N) is 1. The molecule has 19 heavy (non-hydrogen) atoms. The molecule has 0 saturated carbocycles. The molecule has 0 aliphatic heterocycles. The second kappa shape index (κ2) is 7.08. The molecule has 1 aromatic rings. The number of benzene rings is 1. The van der Waals surface area contributed by atoms with Gasteiger partial charge >= 0.3 is 0 Å². The van der Waals surface area contributed by atoms with E-state index >= 15 is 0 Å². The van der Waals surface area contributed by atoms with Crippen molar-refractivity contribution < 1.29 is 31.1 Å². The number of nitrogens with one attached hydrogen (secondary N) is 3. The van der Waals surface area contributed by atoms with Gasteiger partial charge in [0.25, 0.3) is 0 Å². The molecule has 1 rings (SSSR count). The van der Waals surface area contributed by atoms with Crippen LogP contribution in [0, 0.1) is 10.4 Å². The predicted octanol–water partition coefficient (Wildman–Crippen LogP) is -2.75. The Morgan fingerprint density at radius 1 is 1.16 bits per heavy atom. The lowest BCUT2D eigenvalue weighted by Crippen LogP contribution is -3.00. The van der Waals surface area contributed by atoms with Gasteiger partial charge < -0.3 is 20.6 Å². The molecule has 0 heterocycles. The van der Waals surface area contributed by atoms with Gasteiger partial charge in [-0.25, -0.2) is 10.4 Å². The molecule has 2 atom stereocenters. The van der Waals surface area contributed by atoms with Crippen molar-refractivity contribution in [3.05, 3.63) is 28.6 Å². The molecule has 0 aliphatic carbocycles. The predicted molar refractivity (Wildman–Crippen MR) is 63.2 cm³/mol. The number of aliphatic hydroxyl groups is 2. The van der Waals surface area contributed by atoms with Gasteiger partial charge in [0, 0.05) is 6.07 Å². The topological polar surface area (TPSA) is 160 Å². The fourth-order valence-electron chi connectivity index (χ4n) is 1.21. The number of quaternary nitrogens is 2. The van der Waals surface area contributed by atoms with Gasteiger partial charge in [0.15, 0.2) is 11.4 Å². The molecule has 10 heteroatoms. The number of anilines is 1. The van der Waals surface area contributed by atoms with Gasteiger partial charge in [0.2, 0.25) is 0 Å². The lowest BCUT2D eigenvalue weighted by molar-refractivity contribution is -0.996. The smallest absolute Gasteiger partial charge is 0.195 e. The zero-order valence-electron chi connectivity index (χ0n) is 9.70. The molecule has 2 unspecified atom stereocenters. The van der Waals surface area contributed by atoms with Gasteiger partial charge in [-0.3, -0.25) is 5.43 Å². The van der Waals surface area contributed by atoms with E-state index in [9.17, 15) is 10.4 Å². The summed E-state index contributed by atoms with van der Waals surface area (Å²) in [6, 6.07) is 3.44. The van der Waals surface area contributed by atoms with Crippen molar-refractivity contribution in [2.45, 2.75) is 0 Å². The maximum atomic E-state index is 11.0. The van der Waals surface area contributed by atoms with E-state index < -0.39 is 23.7 Å². The van der Waals surface area contributed by atoms with Crippen LogP contribution in [0.1, 0.15) is 0 Å². The maximum Gasteiger partial charge on any atom is 0.195 e. The Morgan fingerprint density at radius 2 is 1.79 bits per heavy atom. The highest BCUT2D eigenvalue weighted by Gasteiger charge is 2.13. The first-order valence-corrected chi connectivity index (χ1v) is 5.13. The Bertz CT molecular complexity index is 444. The first-order chi connectivity index (χ1) is 8.99. The maximum absolute atomic E-state index is 11.0. The van der Waals surface area contributed by atoms with Gasteiger partial charge in [-0.2, -0.15) is 15.6 Å². The molecule has 7 N–H and O–H groups in total. The van der Waals surface area contributed by atoms with E-state index in [1.54, 1.807) is 0 Å². The minimum Gasteiger partial charge on any atom is -0.595 e. The second-order valence-electron chi connectivity index (χ2n) is 3.48. The first kappa shape index (κ1) is 15.4. The molecule has 0 spiro atoms. The molecule has 0 bridgehead atoms. The Labute approximate surface area is 107 Å². The first-order valence-electron chi connectivity index (χ1n) is 5.13. The van der Waals surface area contributed by atoms with Gasteiger partial charge in [0.1, 0.15) is 5.69 Å². The molecule has 0 aliphatic rings. The standard InChI is InChI=1S/C9H14N4O6/c14-4-6(5-15)10-11-8-2-1-7(12(16)17)3-9(8)13(18)19/h1-3,11-16,18H,4-5H2. The largest absolute Gasteiger partial charge is 0.595 e. The van der Waals surface area contributed by atoms with E-state index in [0.717, 1.165) is 6.07 Å². The minimum atomic E-state index is -1.32. The van der Waals surface area contributed by atoms with Crippen LogP contribution in [0.2, 0.25) is 0 Å². The van der Waals surface area contributed by atoms with Gasteiger partial charge in [-0.15, -0.1) is 0 Å². The van der Waals surface area contributed by atoms with Crippen molar-refractivity contribution in [3.8, 4) is 0 Å². The summed E-state index contributed by atoms with van der Waals surface area (Å²) in [6.07, 6.45) is 0. The van der Waals surface area contributed by atoms with Crippen molar-refractivity contribution in [1.82, 2.24) is 0 Å². The van der Waals surface area contributed by atoms with E-state index in [0.29, 0.717) is 0 Å². The number of hydrogen-bond acceptors (Lipinski definition) is 8. The van der Waals surface area contributed by atoms with Crippen LogP contribution in [0.4, 0.5) is 17.1 Å². The van der Waals surface area contributed by atoms with Crippen LogP contribution in [0.25, 0.3) is 0 Å². The third-order valence-corrected chi connectivity index (χ3v) is 2.20. The third-order valence-electron chi connectivity index (χ3n) is 2.20. The Kier molecular flexibility index (Phi) is 5.75. The van der Waals surface area contributed by atoms with E-state index in [2.05, 4.69) is 10.5 Å². The molecule has 0 saturated heterocycles. The quantitative estimate of drug-likeness (QED) is 0.218. The fourth-order valence-corrected chi connectivity index (χ4v) is 1.21. The summed E-state index contributed by atoms with van der Waals surface area (Å²) in [5.41, 5.74) is 1.97. The Hall–Kier alpha value is -1.63. The number of rotatable bonds is 6. The summed E-state index contributed by atoms with van der Waals surface area (Å²) in [7, 11) is 0. The van der Waals surface area contributed by atoms with Crippen LogP contribution >= 0.6 is 0 Å². The average molecular weight is 274 g/mol. The highest BCUT2D eigenvalue weighted by Crippen LogP contribution is 2.20. The monoisotopic (exact) mass is 274 g/mol. The van der Waals surface area contributed by atoms with Crippen molar-refractivity contribution in [2.24, 2.45) is 5.10 Å². The molecule has 106 valence electrons. The molecule has 0 fully saturated rings. The SMILES string of the molecule is [O-][NH+](O)c1ccc(NN=C(CO)CO)c([NH+]([O-])O)c1. The molecule has 0 aromatic heterocycles. The minimum absolute atomic E-state index is 0.0126. The van der Waals surface area contributed by atoms with E-state index in [1.807, 2.05) is 0 Å². The normalized spacial score (nSPS) is 13.8. The molecule has 1 aromatic carbocycles. The highest BCUT2D eigenvalue weighted by molar-refractivity contribution is 5.87. The average Bonchev–Trinajstić information content (AvgIpc) is 2.39. The van der Waals surface area contributed by atoms with Gasteiger partial charge in [0.05, 0.1) is 25.0 Å². The van der Waals surface area contributed by atoms with Gasteiger partial charge in [-0.05, 0) is 6.07 Å². The number of hydrazone groups is 1. The molecule has 0 amide bonds. The number of hydrogen-bond donors (Lipinski definition) is 7. The summed E-state index contributed by atoms with van der Waals surface area (Å²) in [6.45, 7) is -0.974. The van der Waals surface area contributed by atoms with Crippen LogP contribution in [0.3, 0.4) is 0 Å². The summed E-state index contributed by atoms with van der Waals surface area (Å²) < 4.78 is 0. The van der Waals surface area contributed by atoms with Crippen LogP contribution in [-0.2, 0) is 0 Å². The lowest BCUT2D eigenvalue weighted by atomic mass is 10.2. The van der Waals surface area contributed by atoms with E-state index in [1.165, 1.54) is 12.1 Å². The number of aliphatic hydroxyl groups excluding tert-OH is 2. The second-order valence-corrected chi connectivity index (χ2v) is 3.48. The Morgan fingerprint density at radius 3 is 2.26 bits per heavy atom. The van der Waals surface area contributed by atoms with Crippen molar-refractivity contribution in [2.75, 3.05) is 18.6 Å². The molecular weight excluding hydrogens is 260 g/mol. The zero-order valence-corrected chi connectivity index (χ0v) is 9.70. The van der Waals surface area contributed by atoms with E-state index in [-0.39, 0.29) is 22.8 Å². The summed E-state index contributed by atoms with van der Waals surface area (Å²) in [5.74, 6) is 0. The highest BCUT2D eigenvalue weighted by atomic mass is 16.8. The van der Waals surface area contributed by atoms with Crippen LogP contribution in [-0.4, -0.2) is 39.6 Å². The van der Waals surface area contributed by atoms with E-state index in [4.69, 9.17) is 20.6 Å². The lowest BCUT2D eigenvalue weighted by Gasteiger charge is -2.18. The molecule has 10 nitrogen and oxygen atoms in total. The van der Waals surface area contributed by atoms with Crippen LogP contribution in [0.15, 0.2) is 23.3 Å². The van der Waals surface area contributed by atoms with Gasteiger partial charge in [-0.1, -0.05) is 0 Å². The van der Waals surface area contributed by atoms with Crippen molar-refractivity contribution in [1.29, 1.82) is 0 Å². The summed E-state index contributed by atoms with van der Waals surface area (Å²) >= 11 is 0. The van der Waals surface area contributed by atoms with Crippen molar-refractivity contribution >= 4 is 22.8 Å². The molecular formula is C9H14N4O6. The summed E-state index contributed by atoms with van der Waals surface area (Å²) in [5, 5.41) is 58.1. The van der Waals surface area contributed by atoms with Crippen LogP contribution in [0.5, 0.6) is 0 Å². The summed E-state index contributed by atoms with van der Waals surface area (Å²) in [4.78, 5) is 0.